The lowest BCUT2D eigenvalue weighted by atomic mass is 10.1. The van der Waals surface area contributed by atoms with Gasteiger partial charge in [0.2, 0.25) is 11.8 Å². The van der Waals surface area contributed by atoms with Gasteiger partial charge in [0.25, 0.3) is 0 Å². The topological polar surface area (TPSA) is 201 Å². The summed E-state index contributed by atoms with van der Waals surface area (Å²) in [5.41, 5.74) is 15.7. The predicted octanol–water partition coefficient (Wildman–Crippen LogP) is 7.46. The Morgan fingerprint density at radius 1 is 0.779 bits per heavy atom. The second-order valence-electron chi connectivity index (χ2n) is 16.8. The minimum Gasteiger partial charge on any atom is -0.495 e. The van der Waals surface area contributed by atoms with Crippen LogP contribution in [-0.2, 0) is 30.9 Å². The van der Waals surface area contributed by atoms with E-state index in [1.807, 2.05) is 50.6 Å². The second kappa shape index (κ2) is 18.9. The van der Waals surface area contributed by atoms with Gasteiger partial charge in [-0.25, -0.2) is 28.7 Å². The van der Waals surface area contributed by atoms with Crippen molar-refractivity contribution in [2.24, 2.45) is 11.5 Å². The van der Waals surface area contributed by atoms with Crippen LogP contribution in [0.25, 0.3) is 66.9 Å². The van der Waals surface area contributed by atoms with Gasteiger partial charge in [-0.1, -0.05) is 23.2 Å². The Bertz CT molecular complexity index is 3270. The van der Waals surface area contributed by atoms with E-state index < -0.39 is 37.2 Å². The summed E-state index contributed by atoms with van der Waals surface area (Å²) < 4.78 is 59.1. The highest BCUT2D eigenvalue weighted by molar-refractivity contribution is 6.37. The largest absolute Gasteiger partial charge is 0.495 e. The van der Waals surface area contributed by atoms with E-state index in [0.717, 1.165) is 25.2 Å². The van der Waals surface area contributed by atoms with Crippen molar-refractivity contribution in [3.8, 4) is 34.5 Å². The lowest BCUT2D eigenvalue weighted by Crippen LogP contribution is -2.37. The zero-order valence-corrected chi connectivity index (χ0v) is 39.7. The van der Waals surface area contributed by atoms with E-state index in [-0.39, 0.29) is 67.9 Å². The molecule has 1 saturated heterocycles. The summed E-state index contributed by atoms with van der Waals surface area (Å²) in [6, 6.07) is 9.70. The number of carbonyl (C=O) groups excluding carboxylic acids is 2. The second-order valence-corrected chi connectivity index (χ2v) is 17.5. The van der Waals surface area contributed by atoms with Crippen LogP contribution in [0.1, 0.15) is 52.2 Å². The van der Waals surface area contributed by atoms with Crippen molar-refractivity contribution in [2.75, 3.05) is 46.6 Å². The van der Waals surface area contributed by atoms with Crippen LogP contribution in [0.3, 0.4) is 0 Å². The van der Waals surface area contributed by atoms with Crippen LogP contribution in [0, 0.1) is 13.8 Å². The first-order valence-corrected chi connectivity index (χ1v) is 23.1. The van der Waals surface area contributed by atoms with Crippen LogP contribution in [0.5, 0.6) is 11.5 Å². The number of halogens is 4. The third-order valence-electron chi connectivity index (χ3n) is 12.3. The standard InChI is InChI=1S/C47H50Cl2F2N12O5/c1-6-60-21-24(3)15-32(60)44-54-40(48)36-28-17-26(42(52)64)19-34(66-5)38(28)61(46(36)56-44)22-30(50)31(51)23-62-39-29(37-41(49)55-45(57-47(37)62)33-16-25(4)58-63(33)7-2)18-27(43(53)65)20-35(39)68-12-8-9-59-10-13-67-14-11-59/h15-21,30-31H,6-14,22-23H2,1-5H3,(H2,52,64)(H2,53,65). The number of amides is 2. The van der Waals surface area contributed by atoms with E-state index >= 15 is 8.78 Å². The Labute approximate surface area is 398 Å². The zero-order chi connectivity index (χ0) is 48.1. The maximum Gasteiger partial charge on any atom is 0.248 e. The van der Waals surface area contributed by atoms with E-state index in [0.29, 0.717) is 77.0 Å². The lowest BCUT2D eigenvalue weighted by molar-refractivity contribution is 0.0358. The summed E-state index contributed by atoms with van der Waals surface area (Å²) in [6.45, 7) is 11.4. The molecule has 2 amide bonds. The fraction of sp³-hybridized carbons (Fsp3) is 0.383. The van der Waals surface area contributed by atoms with Crippen molar-refractivity contribution in [3.05, 3.63) is 75.3 Å². The molecule has 7 heterocycles. The number of nitrogens with zero attached hydrogens (tertiary/aromatic N) is 10. The molecule has 0 aliphatic carbocycles. The van der Waals surface area contributed by atoms with E-state index in [2.05, 4.69) is 20.0 Å². The number of fused-ring (bicyclic) bond motifs is 6. The number of methoxy groups -OCH3 is 1. The molecule has 68 heavy (non-hydrogen) atoms. The number of rotatable bonds is 17. The first-order valence-electron chi connectivity index (χ1n) is 22.3. The molecule has 4 N–H and O–H groups in total. The first-order chi connectivity index (χ1) is 32.7. The molecular weight excluding hydrogens is 921 g/mol. The molecule has 9 rings (SSSR count). The maximum absolute atomic E-state index is 17.4. The summed E-state index contributed by atoms with van der Waals surface area (Å²) in [6.07, 6.45) is -1.87. The predicted molar refractivity (Wildman–Crippen MR) is 256 cm³/mol. The van der Waals surface area contributed by atoms with Gasteiger partial charge in [0.1, 0.15) is 38.8 Å². The van der Waals surface area contributed by atoms with Crippen molar-refractivity contribution in [2.45, 2.75) is 72.6 Å². The first kappa shape index (κ1) is 46.7. The molecule has 1 aliphatic rings. The number of carbonyl (C=O) groups is 2. The molecule has 0 bridgehead atoms. The van der Waals surface area contributed by atoms with Crippen LogP contribution in [-0.4, -0.2) is 119 Å². The van der Waals surface area contributed by atoms with E-state index in [1.54, 1.807) is 4.68 Å². The van der Waals surface area contributed by atoms with Gasteiger partial charge in [-0.15, -0.1) is 0 Å². The molecule has 1 aliphatic heterocycles. The Kier molecular flexibility index (Phi) is 13.0. The molecule has 21 heteroatoms. The normalized spacial score (nSPS) is 14.4. The highest BCUT2D eigenvalue weighted by Crippen LogP contribution is 2.42. The maximum atomic E-state index is 17.4. The smallest absolute Gasteiger partial charge is 0.248 e. The third-order valence-corrected chi connectivity index (χ3v) is 12.9. The summed E-state index contributed by atoms with van der Waals surface area (Å²) in [5, 5.41) is 5.89. The van der Waals surface area contributed by atoms with Gasteiger partial charge >= 0.3 is 0 Å². The number of benzene rings is 2. The Hall–Kier alpha value is -6.41. The number of alkyl halides is 2. The molecule has 6 aromatic heterocycles. The molecule has 356 valence electrons. The van der Waals surface area contributed by atoms with Gasteiger partial charge in [-0.3, -0.25) is 19.2 Å². The van der Waals surface area contributed by atoms with Crippen LogP contribution < -0.4 is 20.9 Å². The minimum atomic E-state index is -2.22. The van der Waals surface area contributed by atoms with Gasteiger partial charge < -0.3 is 39.4 Å². The lowest BCUT2D eigenvalue weighted by Gasteiger charge is -2.26. The number of primary amides is 2. The zero-order valence-electron chi connectivity index (χ0n) is 38.2. The molecule has 17 nitrogen and oxygen atoms in total. The van der Waals surface area contributed by atoms with Crippen molar-refractivity contribution < 1.29 is 32.6 Å². The molecule has 0 saturated carbocycles. The average Bonchev–Trinajstić information content (AvgIpc) is 4.08. The van der Waals surface area contributed by atoms with Gasteiger partial charge in [-0.05, 0) is 76.1 Å². The van der Waals surface area contributed by atoms with Gasteiger partial charge in [-0.2, -0.15) is 5.10 Å². The van der Waals surface area contributed by atoms with Crippen molar-refractivity contribution >= 4 is 78.9 Å². The summed E-state index contributed by atoms with van der Waals surface area (Å²) in [7, 11) is 1.40. The molecule has 2 atom stereocenters. The molecule has 0 radical (unpaired) electrons. The third kappa shape index (κ3) is 8.56. The molecule has 2 aromatic carbocycles. The molecule has 0 spiro atoms. The van der Waals surface area contributed by atoms with Crippen LogP contribution in [0.15, 0.2) is 42.6 Å². The monoisotopic (exact) mass is 970 g/mol. The number of aromatic nitrogens is 9. The Morgan fingerprint density at radius 3 is 1.88 bits per heavy atom. The number of aryl methyl sites for hydroxylation is 4. The number of hydrogen-bond acceptors (Lipinski definition) is 11. The van der Waals surface area contributed by atoms with Crippen molar-refractivity contribution in [1.29, 1.82) is 0 Å². The average molecular weight is 972 g/mol. The fourth-order valence-corrected chi connectivity index (χ4v) is 9.68. The minimum absolute atomic E-state index is 0.00633. The van der Waals surface area contributed by atoms with E-state index in [1.165, 1.54) is 40.5 Å². The fourth-order valence-electron chi connectivity index (χ4n) is 9.14. The van der Waals surface area contributed by atoms with E-state index in [4.69, 9.17) is 58.8 Å². The number of nitrogens with two attached hydrogens (primary N) is 2. The quantitative estimate of drug-likeness (QED) is 0.0678. The molecule has 2 unspecified atom stereocenters. The number of morpholine rings is 1. The van der Waals surface area contributed by atoms with Gasteiger partial charge in [0.05, 0.1) is 73.2 Å². The number of ether oxygens (including phenoxy) is 3. The van der Waals surface area contributed by atoms with E-state index in [9.17, 15) is 9.59 Å². The van der Waals surface area contributed by atoms with Crippen LogP contribution in [0.2, 0.25) is 10.3 Å². The molecule has 8 aromatic rings. The summed E-state index contributed by atoms with van der Waals surface area (Å²) in [5.74, 6) is -0.648. The summed E-state index contributed by atoms with van der Waals surface area (Å²) in [4.78, 5) is 46.8. The van der Waals surface area contributed by atoms with Crippen LogP contribution >= 0.6 is 23.2 Å². The molecular formula is C47H50Cl2F2N12O5. The summed E-state index contributed by atoms with van der Waals surface area (Å²) >= 11 is 14.0. The highest BCUT2D eigenvalue weighted by atomic mass is 35.5. The highest BCUT2D eigenvalue weighted by Gasteiger charge is 2.31. The Balaban J connectivity index is 1.18. The van der Waals surface area contributed by atoms with Gasteiger partial charge in [0.15, 0.2) is 24.0 Å². The Morgan fingerprint density at radius 2 is 1.34 bits per heavy atom. The van der Waals surface area contributed by atoms with Gasteiger partial charge in [0, 0.05) is 60.8 Å². The van der Waals surface area contributed by atoms with Crippen molar-refractivity contribution in [1.82, 2.24) is 48.3 Å². The van der Waals surface area contributed by atoms with Crippen molar-refractivity contribution in [3.63, 3.8) is 0 Å². The van der Waals surface area contributed by atoms with Crippen LogP contribution in [0.4, 0.5) is 8.78 Å². The molecule has 1 fully saturated rings. The number of hydrogen-bond donors (Lipinski definition) is 2. The SMILES string of the molecule is CCn1cc(C)cc1-c1nc(Cl)c2c3cc(C(N)=O)cc(OC)c3n(CC(F)C(F)Cn3c4nc(-c5cc(C)nn5CC)nc(Cl)c4c4cc(C(N)=O)cc(OCCCN5CCOCC5)c43)c2n1.